The molecule has 37 heavy (non-hydrogen) atoms. The highest BCUT2D eigenvalue weighted by atomic mass is 19.2. The number of hydrogen-bond donors (Lipinski definition) is 3. The van der Waals surface area contributed by atoms with Crippen molar-refractivity contribution in [2.24, 2.45) is 5.73 Å². The Hall–Kier alpha value is -3.37. The maximum atomic E-state index is 13.6. The molecule has 0 unspecified atom stereocenters. The van der Waals surface area contributed by atoms with Gasteiger partial charge in [-0.1, -0.05) is 18.9 Å². The third-order valence-electron chi connectivity index (χ3n) is 7.06. The highest BCUT2D eigenvalue weighted by Crippen LogP contribution is 2.31. The summed E-state index contributed by atoms with van der Waals surface area (Å²) >= 11 is 0. The molecule has 4 N–H and O–H groups in total. The summed E-state index contributed by atoms with van der Waals surface area (Å²) in [5, 5.41) is 5.21. The zero-order chi connectivity index (χ0) is 27.1. The van der Waals surface area contributed by atoms with Crippen molar-refractivity contribution in [2.45, 2.75) is 95.3 Å². The molecule has 4 amide bonds. The number of Topliss-reactive ketones (excluding diaryl/α,β-unsaturated/α-hetero) is 1. The fourth-order valence-electron chi connectivity index (χ4n) is 5.06. The highest BCUT2D eigenvalue weighted by molar-refractivity contribution is 5.95. The SMILES string of the molecule is CC(=O)[C@H](Cc1ccc(F)c(F)c1)NC(=O)[C@H](CCC(N)=O)NC(=O)[C@@H]1CC[C@@H]2CCCCCC(=O)N21. The van der Waals surface area contributed by atoms with E-state index < -0.39 is 53.3 Å². The smallest absolute Gasteiger partial charge is 0.243 e. The van der Waals surface area contributed by atoms with Crippen LogP contribution in [0.4, 0.5) is 8.78 Å². The molecular weight excluding hydrogens is 486 g/mol. The second-order valence-corrected chi connectivity index (χ2v) is 9.84. The number of ketones is 1. The third-order valence-corrected chi connectivity index (χ3v) is 7.06. The van der Waals surface area contributed by atoms with Gasteiger partial charge in [-0.3, -0.25) is 24.0 Å². The summed E-state index contributed by atoms with van der Waals surface area (Å²) in [5.74, 6) is -4.50. The van der Waals surface area contributed by atoms with Gasteiger partial charge in [0.2, 0.25) is 23.6 Å². The number of carbonyl (C=O) groups excluding carboxylic acids is 5. The molecule has 0 bridgehead atoms. The summed E-state index contributed by atoms with van der Waals surface area (Å²) < 4.78 is 26.9. The van der Waals surface area contributed by atoms with Crippen molar-refractivity contribution in [3.8, 4) is 0 Å². The van der Waals surface area contributed by atoms with Crippen LogP contribution in [0.5, 0.6) is 0 Å². The monoisotopic (exact) mass is 520 g/mol. The summed E-state index contributed by atoms with van der Waals surface area (Å²) in [4.78, 5) is 64.4. The van der Waals surface area contributed by atoms with Crippen LogP contribution < -0.4 is 16.4 Å². The van der Waals surface area contributed by atoms with Crippen molar-refractivity contribution in [3.63, 3.8) is 0 Å². The standard InChI is InChI=1S/C26H34F2N4O5/c1-15(33)21(14-16-7-9-18(27)19(28)13-16)31-25(36)20(10-12-23(29)34)30-26(37)22-11-8-17-5-3-2-4-6-24(35)32(17)22/h7,9,13,17,20-22H,2-6,8,10-12,14H2,1H3,(H2,29,34)(H,30,37)(H,31,36)/t17-,20-,21-,22-/m0/s1. The van der Waals surface area contributed by atoms with Gasteiger partial charge >= 0.3 is 0 Å². The maximum Gasteiger partial charge on any atom is 0.243 e. The van der Waals surface area contributed by atoms with Crippen LogP contribution in [0.1, 0.15) is 70.3 Å². The molecule has 3 rings (SSSR count). The lowest BCUT2D eigenvalue weighted by Gasteiger charge is -2.32. The molecular formula is C26H34F2N4O5. The third kappa shape index (κ3) is 7.56. The predicted molar refractivity (Wildman–Crippen MR) is 130 cm³/mol. The van der Waals surface area contributed by atoms with Gasteiger partial charge in [0.05, 0.1) is 6.04 Å². The molecule has 2 aliphatic heterocycles. The maximum absolute atomic E-state index is 13.6. The number of benzene rings is 1. The molecule has 1 aromatic carbocycles. The van der Waals surface area contributed by atoms with E-state index in [0.29, 0.717) is 24.8 Å². The van der Waals surface area contributed by atoms with Gasteiger partial charge in [0.1, 0.15) is 12.1 Å². The molecule has 202 valence electrons. The summed E-state index contributed by atoms with van der Waals surface area (Å²) in [6.07, 6.45) is 4.70. The molecule has 0 aliphatic carbocycles. The number of nitrogens with two attached hydrogens (primary N) is 1. The summed E-state index contributed by atoms with van der Waals surface area (Å²) in [6.45, 7) is 1.24. The van der Waals surface area contributed by atoms with E-state index in [2.05, 4.69) is 10.6 Å². The van der Waals surface area contributed by atoms with Crippen molar-refractivity contribution in [2.75, 3.05) is 0 Å². The first kappa shape index (κ1) is 28.2. The molecule has 2 fully saturated rings. The van der Waals surface area contributed by atoms with E-state index in [0.717, 1.165) is 37.8 Å². The topological polar surface area (TPSA) is 139 Å². The molecule has 0 aromatic heterocycles. The van der Waals surface area contributed by atoms with Gasteiger partial charge in [0.25, 0.3) is 0 Å². The Kier molecular flexibility index (Phi) is 9.71. The lowest BCUT2D eigenvalue weighted by molar-refractivity contribution is -0.142. The number of primary amides is 1. The average Bonchev–Trinajstić information content (AvgIpc) is 3.25. The molecule has 1 aromatic rings. The van der Waals surface area contributed by atoms with Crippen LogP contribution in [0.15, 0.2) is 18.2 Å². The first-order chi connectivity index (χ1) is 17.6. The van der Waals surface area contributed by atoms with Crippen molar-refractivity contribution < 1.29 is 32.8 Å². The van der Waals surface area contributed by atoms with Crippen LogP contribution in [0.25, 0.3) is 0 Å². The minimum absolute atomic E-state index is 0.0142. The fraction of sp³-hybridized carbons (Fsp3) is 0.577. The Morgan fingerprint density at radius 2 is 1.78 bits per heavy atom. The van der Waals surface area contributed by atoms with E-state index in [-0.39, 0.29) is 31.2 Å². The first-order valence-corrected chi connectivity index (χ1v) is 12.7. The summed E-state index contributed by atoms with van der Waals surface area (Å²) in [5.41, 5.74) is 5.55. The predicted octanol–water partition coefficient (Wildman–Crippen LogP) is 1.66. The minimum atomic E-state index is -1.18. The van der Waals surface area contributed by atoms with Crippen LogP contribution in [0.2, 0.25) is 0 Å². The largest absolute Gasteiger partial charge is 0.370 e. The van der Waals surface area contributed by atoms with Gasteiger partial charge in [0, 0.05) is 18.9 Å². The van der Waals surface area contributed by atoms with Crippen LogP contribution in [0.3, 0.4) is 0 Å². The van der Waals surface area contributed by atoms with Crippen molar-refractivity contribution >= 4 is 29.4 Å². The van der Waals surface area contributed by atoms with E-state index in [1.54, 1.807) is 4.90 Å². The molecule has 0 radical (unpaired) electrons. The zero-order valence-corrected chi connectivity index (χ0v) is 20.9. The lowest BCUT2D eigenvalue weighted by Crippen LogP contribution is -2.56. The Bertz CT molecular complexity index is 1050. The Labute approximate surface area is 214 Å². The van der Waals surface area contributed by atoms with Crippen LogP contribution in [-0.4, -0.2) is 58.5 Å². The Morgan fingerprint density at radius 3 is 2.46 bits per heavy atom. The van der Waals surface area contributed by atoms with E-state index in [4.69, 9.17) is 5.73 Å². The van der Waals surface area contributed by atoms with Gasteiger partial charge in [-0.15, -0.1) is 0 Å². The second kappa shape index (κ2) is 12.7. The minimum Gasteiger partial charge on any atom is -0.370 e. The van der Waals surface area contributed by atoms with Gasteiger partial charge < -0.3 is 21.3 Å². The molecule has 9 nitrogen and oxygen atoms in total. The summed E-state index contributed by atoms with van der Waals surface area (Å²) in [6, 6.07) is 0.197. The lowest BCUT2D eigenvalue weighted by atomic mass is 10.0. The van der Waals surface area contributed by atoms with Gasteiger partial charge in [-0.25, -0.2) is 8.78 Å². The Balaban J connectivity index is 1.72. The van der Waals surface area contributed by atoms with Crippen molar-refractivity contribution in [1.29, 1.82) is 0 Å². The zero-order valence-electron chi connectivity index (χ0n) is 20.9. The van der Waals surface area contributed by atoms with E-state index in [9.17, 15) is 32.8 Å². The van der Waals surface area contributed by atoms with Crippen molar-refractivity contribution in [3.05, 3.63) is 35.4 Å². The van der Waals surface area contributed by atoms with Gasteiger partial charge in [-0.05, 0) is 63.1 Å². The number of hydrogen-bond acceptors (Lipinski definition) is 5. The van der Waals surface area contributed by atoms with E-state index >= 15 is 0 Å². The molecule has 2 saturated heterocycles. The number of carbonyl (C=O) groups is 5. The van der Waals surface area contributed by atoms with Gasteiger partial charge in [0.15, 0.2) is 17.4 Å². The molecule has 4 atom stereocenters. The second-order valence-electron chi connectivity index (χ2n) is 9.84. The highest BCUT2D eigenvalue weighted by Gasteiger charge is 2.41. The molecule has 2 heterocycles. The fourth-order valence-corrected chi connectivity index (χ4v) is 5.06. The molecule has 2 aliphatic rings. The quantitative estimate of drug-likeness (QED) is 0.431. The van der Waals surface area contributed by atoms with Gasteiger partial charge in [-0.2, -0.15) is 0 Å². The molecule has 0 saturated carbocycles. The number of rotatable bonds is 10. The number of nitrogens with zero attached hydrogens (tertiary/aromatic N) is 1. The number of amides is 4. The van der Waals surface area contributed by atoms with Crippen LogP contribution >= 0.6 is 0 Å². The average molecular weight is 521 g/mol. The molecule has 11 heteroatoms. The molecule has 0 spiro atoms. The van der Waals surface area contributed by atoms with E-state index in [1.165, 1.54) is 13.0 Å². The normalized spacial score (nSPS) is 21.3. The van der Waals surface area contributed by atoms with E-state index in [1.807, 2.05) is 0 Å². The van der Waals surface area contributed by atoms with Crippen LogP contribution in [0, 0.1) is 11.6 Å². The Morgan fingerprint density at radius 1 is 1.03 bits per heavy atom. The van der Waals surface area contributed by atoms with Crippen LogP contribution in [-0.2, 0) is 30.4 Å². The number of fused-ring (bicyclic) bond motifs is 1. The number of nitrogens with one attached hydrogen (secondary N) is 2. The van der Waals surface area contributed by atoms with Crippen molar-refractivity contribution in [1.82, 2.24) is 15.5 Å². The number of halogens is 2. The first-order valence-electron chi connectivity index (χ1n) is 12.7. The summed E-state index contributed by atoms with van der Waals surface area (Å²) in [7, 11) is 0.